The molecule has 5 heteroatoms. The molecule has 1 aromatic heterocycles. The Hall–Kier alpha value is -1.85. The Morgan fingerprint density at radius 2 is 1.95 bits per heavy atom. The summed E-state index contributed by atoms with van der Waals surface area (Å²) in [5.41, 5.74) is 1.57. The number of aromatic amines is 1. The number of esters is 1. The Morgan fingerprint density at radius 1 is 1.19 bits per heavy atom. The second-order valence-electron chi connectivity index (χ2n) is 5.84. The SMILES string of the molecule is O=C(O[C@H]1C[C@H]2COC[C@@H](C1)N2)c1c[nH]c2ccccc12. The fourth-order valence-electron chi connectivity index (χ4n) is 3.34. The number of morpholine rings is 1. The predicted octanol–water partition coefficient (Wildman–Crippen LogP) is 1.84. The van der Waals surface area contributed by atoms with E-state index in [4.69, 9.17) is 9.47 Å². The quantitative estimate of drug-likeness (QED) is 0.827. The second-order valence-corrected chi connectivity index (χ2v) is 5.84. The van der Waals surface area contributed by atoms with Crippen LogP contribution in [0, 0.1) is 0 Å². The highest BCUT2D eigenvalue weighted by molar-refractivity contribution is 6.04. The summed E-state index contributed by atoms with van der Waals surface area (Å²) in [6.45, 7) is 1.41. The van der Waals surface area contributed by atoms with Crippen LogP contribution in [0.1, 0.15) is 23.2 Å². The average Bonchev–Trinajstić information content (AvgIpc) is 2.91. The van der Waals surface area contributed by atoms with Crippen molar-refractivity contribution >= 4 is 16.9 Å². The Morgan fingerprint density at radius 3 is 2.76 bits per heavy atom. The maximum atomic E-state index is 12.4. The minimum absolute atomic E-state index is 0.0219. The molecular weight excluding hydrogens is 268 g/mol. The van der Waals surface area contributed by atoms with Crippen molar-refractivity contribution in [3.63, 3.8) is 0 Å². The summed E-state index contributed by atoms with van der Waals surface area (Å²) in [6.07, 6.45) is 3.36. The van der Waals surface area contributed by atoms with Crippen molar-refractivity contribution in [2.24, 2.45) is 0 Å². The molecule has 4 rings (SSSR count). The topological polar surface area (TPSA) is 63.4 Å². The van der Waals surface area contributed by atoms with Gasteiger partial charge in [0.25, 0.3) is 0 Å². The lowest BCUT2D eigenvalue weighted by Gasteiger charge is -2.39. The van der Waals surface area contributed by atoms with Crippen molar-refractivity contribution in [1.29, 1.82) is 0 Å². The van der Waals surface area contributed by atoms with Crippen LogP contribution in [-0.2, 0) is 9.47 Å². The summed E-state index contributed by atoms with van der Waals surface area (Å²) in [5, 5.41) is 4.41. The largest absolute Gasteiger partial charge is 0.459 e. The van der Waals surface area contributed by atoms with E-state index in [9.17, 15) is 4.79 Å². The van der Waals surface area contributed by atoms with Crippen molar-refractivity contribution in [1.82, 2.24) is 10.3 Å². The molecule has 0 spiro atoms. The highest BCUT2D eigenvalue weighted by Crippen LogP contribution is 2.24. The zero-order valence-electron chi connectivity index (χ0n) is 11.7. The van der Waals surface area contributed by atoms with Crippen molar-refractivity contribution in [2.75, 3.05) is 13.2 Å². The molecule has 2 aliphatic rings. The van der Waals surface area contributed by atoms with Crippen LogP contribution in [0.2, 0.25) is 0 Å². The standard InChI is InChI=1S/C16H18N2O3/c19-16(14-7-17-15-4-2-1-3-13(14)15)21-12-5-10-8-20-9-11(6-12)18-10/h1-4,7,10-12,17-18H,5-6,8-9H2/t10-,11+,12-. The van der Waals surface area contributed by atoms with Gasteiger partial charge in [-0.3, -0.25) is 0 Å². The number of benzene rings is 1. The Balaban J connectivity index is 1.50. The van der Waals surface area contributed by atoms with Gasteiger partial charge < -0.3 is 19.8 Å². The van der Waals surface area contributed by atoms with Gasteiger partial charge in [-0.25, -0.2) is 4.79 Å². The van der Waals surface area contributed by atoms with Crippen LogP contribution < -0.4 is 5.32 Å². The number of H-pyrrole nitrogens is 1. The number of carbonyl (C=O) groups excluding carboxylic acids is 1. The smallest absolute Gasteiger partial charge is 0.340 e. The van der Waals surface area contributed by atoms with Crippen molar-refractivity contribution < 1.29 is 14.3 Å². The van der Waals surface area contributed by atoms with Gasteiger partial charge in [-0.15, -0.1) is 0 Å². The van der Waals surface area contributed by atoms with Gasteiger partial charge in [-0.1, -0.05) is 18.2 Å². The van der Waals surface area contributed by atoms with E-state index in [2.05, 4.69) is 10.3 Å². The first-order valence-corrected chi connectivity index (χ1v) is 7.40. The normalized spacial score (nSPS) is 28.5. The molecule has 1 aromatic carbocycles. The second kappa shape index (κ2) is 5.16. The lowest BCUT2D eigenvalue weighted by molar-refractivity contribution is -0.0339. The first-order valence-electron chi connectivity index (χ1n) is 7.40. The number of para-hydroxylation sites is 1. The maximum absolute atomic E-state index is 12.4. The number of aromatic nitrogens is 1. The summed E-state index contributed by atoms with van der Waals surface area (Å²) in [5.74, 6) is -0.238. The third kappa shape index (κ3) is 2.43. The van der Waals surface area contributed by atoms with Gasteiger partial charge in [-0.05, 0) is 6.07 Å². The Kier molecular flexibility index (Phi) is 3.16. The van der Waals surface area contributed by atoms with E-state index in [1.807, 2.05) is 24.3 Å². The van der Waals surface area contributed by atoms with Gasteiger partial charge in [0, 0.05) is 42.0 Å². The first-order chi connectivity index (χ1) is 10.3. The molecule has 2 fully saturated rings. The molecule has 0 aliphatic carbocycles. The highest BCUT2D eigenvalue weighted by atomic mass is 16.5. The Bertz CT molecular complexity index is 654. The van der Waals surface area contributed by atoms with Crippen LogP contribution >= 0.6 is 0 Å². The van der Waals surface area contributed by atoms with Gasteiger partial charge in [0.1, 0.15) is 6.10 Å². The molecule has 0 amide bonds. The van der Waals surface area contributed by atoms with Crippen LogP contribution in [0.5, 0.6) is 0 Å². The minimum Gasteiger partial charge on any atom is -0.459 e. The monoisotopic (exact) mass is 286 g/mol. The summed E-state index contributed by atoms with van der Waals surface area (Å²) in [6, 6.07) is 8.38. The van der Waals surface area contributed by atoms with Crippen LogP contribution in [0.3, 0.4) is 0 Å². The number of carbonyl (C=O) groups is 1. The fraction of sp³-hybridized carbons (Fsp3) is 0.438. The Labute approximate surface area is 122 Å². The summed E-state index contributed by atoms with van der Waals surface area (Å²) in [7, 11) is 0. The van der Waals surface area contributed by atoms with Gasteiger partial charge in [-0.2, -0.15) is 0 Å². The lowest BCUT2D eigenvalue weighted by Crippen LogP contribution is -2.56. The number of hydrogen-bond donors (Lipinski definition) is 2. The third-order valence-corrected chi connectivity index (χ3v) is 4.29. The number of fused-ring (bicyclic) bond motifs is 3. The lowest BCUT2D eigenvalue weighted by atomic mass is 9.94. The van der Waals surface area contributed by atoms with Crippen molar-refractivity contribution in [2.45, 2.75) is 31.0 Å². The number of ether oxygens (including phenoxy) is 2. The molecule has 2 saturated heterocycles. The van der Waals surface area contributed by atoms with Crippen LogP contribution in [-0.4, -0.2) is 42.4 Å². The number of hydrogen-bond acceptors (Lipinski definition) is 4. The molecule has 2 N–H and O–H groups in total. The van der Waals surface area contributed by atoms with Crippen LogP contribution in [0.25, 0.3) is 10.9 Å². The number of nitrogens with one attached hydrogen (secondary N) is 2. The zero-order valence-corrected chi connectivity index (χ0v) is 11.7. The molecule has 3 heterocycles. The molecule has 0 unspecified atom stereocenters. The van der Waals surface area contributed by atoms with Crippen LogP contribution in [0.4, 0.5) is 0 Å². The van der Waals surface area contributed by atoms with Gasteiger partial charge >= 0.3 is 5.97 Å². The zero-order chi connectivity index (χ0) is 14.2. The highest BCUT2D eigenvalue weighted by Gasteiger charge is 2.34. The van der Waals surface area contributed by atoms with Crippen molar-refractivity contribution in [3.8, 4) is 0 Å². The molecule has 5 nitrogen and oxygen atoms in total. The molecule has 3 atom stereocenters. The molecule has 0 saturated carbocycles. The molecule has 110 valence electrons. The summed E-state index contributed by atoms with van der Waals surface area (Å²) < 4.78 is 11.2. The van der Waals surface area contributed by atoms with E-state index in [1.165, 1.54) is 0 Å². The first kappa shape index (κ1) is 12.9. The summed E-state index contributed by atoms with van der Waals surface area (Å²) in [4.78, 5) is 15.5. The molecule has 2 bridgehead atoms. The molecular formula is C16H18N2O3. The minimum atomic E-state index is -0.238. The van der Waals surface area contributed by atoms with Crippen LogP contribution in [0.15, 0.2) is 30.5 Å². The average molecular weight is 286 g/mol. The molecule has 2 aromatic rings. The number of piperidine rings is 1. The third-order valence-electron chi connectivity index (χ3n) is 4.29. The van der Waals surface area contributed by atoms with E-state index >= 15 is 0 Å². The van der Waals surface area contributed by atoms with Gasteiger partial charge in [0.2, 0.25) is 0 Å². The maximum Gasteiger partial charge on any atom is 0.340 e. The van der Waals surface area contributed by atoms with E-state index in [0.717, 1.165) is 23.7 Å². The fourth-order valence-corrected chi connectivity index (χ4v) is 3.34. The van der Waals surface area contributed by atoms with E-state index in [1.54, 1.807) is 6.20 Å². The summed E-state index contributed by atoms with van der Waals surface area (Å²) >= 11 is 0. The predicted molar refractivity (Wildman–Crippen MR) is 78.3 cm³/mol. The molecule has 2 aliphatic heterocycles. The van der Waals surface area contributed by atoms with E-state index in [-0.39, 0.29) is 12.1 Å². The van der Waals surface area contributed by atoms with Gasteiger partial charge in [0.05, 0.1) is 18.8 Å². The van der Waals surface area contributed by atoms with Crippen molar-refractivity contribution in [3.05, 3.63) is 36.0 Å². The molecule has 21 heavy (non-hydrogen) atoms. The molecule has 0 radical (unpaired) electrons. The van der Waals surface area contributed by atoms with Gasteiger partial charge in [0.15, 0.2) is 0 Å². The number of rotatable bonds is 2. The van der Waals surface area contributed by atoms with E-state index < -0.39 is 0 Å². The van der Waals surface area contributed by atoms with E-state index in [0.29, 0.717) is 30.9 Å².